The summed E-state index contributed by atoms with van der Waals surface area (Å²) >= 11 is 1.75. The maximum absolute atomic E-state index is 12.3. The van der Waals surface area contributed by atoms with Crippen molar-refractivity contribution in [2.75, 3.05) is 33.3 Å². The molecule has 2 N–H and O–H groups in total. The summed E-state index contributed by atoms with van der Waals surface area (Å²) in [6.07, 6.45) is -0.527. The van der Waals surface area contributed by atoms with E-state index >= 15 is 0 Å². The molecule has 3 heterocycles. The van der Waals surface area contributed by atoms with Crippen molar-refractivity contribution < 1.29 is 17.9 Å². The average Bonchev–Trinajstić information content (AvgIpc) is 3.43. The van der Waals surface area contributed by atoms with Crippen LogP contribution in [0.5, 0.6) is 5.88 Å². The second kappa shape index (κ2) is 10.6. The van der Waals surface area contributed by atoms with Gasteiger partial charge in [0, 0.05) is 37.3 Å². The van der Waals surface area contributed by atoms with Crippen LogP contribution in [-0.4, -0.2) is 55.3 Å². The number of thiophene rings is 1. The lowest BCUT2D eigenvalue weighted by atomic mass is 10.2. The van der Waals surface area contributed by atoms with Crippen LogP contribution in [0.25, 0.3) is 0 Å². The molecule has 2 aromatic heterocycles. The normalized spacial score (nSPS) is 16.5. The van der Waals surface area contributed by atoms with Crippen LogP contribution in [-0.2, 0) is 6.54 Å². The van der Waals surface area contributed by atoms with Crippen molar-refractivity contribution in [2.24, 2.45) is 4.99 Å². The molecule has 0 saturated carbocycles. The van der Waals surface area contributed by atoms with Gasteiger partial charge in [0.25, 0.3) is 0 Å². The fourth-order valence-electron chi connectivity index (χ4n) is 3.34. The number of nitrogens with one attached hydrogen (secondary N) is 2. The Labute approximate surface area is 178 Å². The number of hydrogen-bond donors (Lipinski definition) is 2. The van der Waals surface area contributed by atoms with Gasteiger partial charge in [0.2, 0.25) is 5.88 Å². The van der Waals surface area contributed by atoms with E-state index in [4.69, 9.17) is 4.74 Å². The maximum Gasteiger partial charge on any atom is 0.422 e. The quantitative estimate of drug-likeness (QED) is 0.484. The highest BCUT2D eigenvalue weighted by atomic mass is 32.1. The van der Waals surface area contributed by atoms with Gasteiger partial charge in [0.1, 0.15) is 0 Å². The van der Waals surface area contributed by atoms with Gasteiger partial charge in [-0.15, -0.1) is 11.3 Å². The van der Waals surface area contributed by atoms with Crippen molar-refractivity contribution >= 4 is 17.3 Å². The van der Waals surface area contributed by atoms with E-state index in [1.807, 2.05) is 0 Å². The molecule has 1 atom stereocenters. The van der Waals surface area contributed by atoms with E-state index in [0.717, 1.165) is 25.2 Å². The highest BCUT2D eigenvalue weighted by molar-refractivity contribution is 7.10. The summed E-state index contributed by atoms with van der Waals surface area (Å²) in [4.78, 5) is 11.9. The van der Waals surface area contributed by atoms with Crippen LogP contribution in [0.2, 0.25) is 0 Å². The first-order valence-corrected chi connectivity index (χ1v) is 10.7. The van der Waals surface area contributed by atoms with Crippen LogP contribution in [0, 0.1) is 0 Å². The molecule has 1 unspecified atom stereocenters. The Hall–Kier alpha value is -2.33. The highest BCUT2D eigenvalue weighted by Crippen LogP contribution is 2.27. The lowest BCUT2D eigenvalue weighted by Gasteiger charge is -2.27. The molecule has 1 aliphatic heterocycles. The van der Waals surface area contributed by atoms with Crippen LogP contribution < -0.4 is 15.4 Å². The molecule has 1 saturated heterocycles. The van der Waals surface area contributed by atoms with E-state index in [1.54, 1.807) is 24.5 Å². The zero-order valence-electron chi connectivity index (χ0n) is 16.8. The van der Waals surface area contributed by atoms with Crippen molar-refractivity contribution in [3.63, 3.8) is 0 Å². The molecule has 0 amide bonds. The molecular weight excluding hydrogens is 415 g/mol. The first kappa shape index (κ1) is 22.4. The van der Waals surface area contributed by atoms with Gasteiger partial charge in [-0.3, -0.25) is 9.89 Å². The fraction of sp³-hybridized carbons (Fsp3) is 0.500. The van der Waals surface area contributed by atoms with E-state index < -0.39 is 12.8 Å². The van der Waals surface area contributed by atoms with Crippen molar-refractivity contribution in [1.29, 1.82) is 0 Å². The number of nitrogens with zero attached hydrogens (tertiary/aromatic N) is 3. The van der Waals surface area contributed by atoms with Gasteiger partial charge in [-0.05, 0) is 49.0 Å². The molecule has 164 valence electrons. The smallest absolute Gasteiger partial charge is 0.422 e. The van der Waals surface area contributed by atoms with Gasteiger partial charge in [-0.1, -0.05) is 6.07 Å². The first-order chi connectivity index (χ1) is 14.4. The van der Waals surface area contributed by atoms with E-state index in [1.165, 1.54) is 30.0 Å². The Bertz CT molecular complexity index is 807. The fourth-order valence-corrected chi connectivity index (χ4v) is 4.20. The molecule has 1 fully saturated rings. The van der Waals surface area contributed by atoms with Gasteiger partial charge < -0.3 is 15.4 Å². The number of alkyl halides is 3. The summed E-state index contributed by atoms with van der Waals surface area (Å²) in [5.74, 6) is 0.576. The van der Waals surface area contributed by atoms with E-state index in [-0.39, 0.29) is 11.9 Å². The molecule has 1 aliphatic rings. The number of guanidine groups is 1. The third-order valence-electron chi connectivity index (χ3n) is 4.78. The van der Waals surface area contributed by atoms with Gasteiger partial charge >= 0.3 is 6.18 Å². The van der Waals surface area contributed by atoms with Crippen LogP contribution in [0.15, 0.2) is 40.8 Å². The minimum Gasteiger partial charge on any atom is -0.468 e. The van der Waals surface area contributed by atoms with Crippen molar-refractivity contribution in [3.05, 3.63) is 46.3 Å². The minimum atomic E-state index is -4.39. The second-order valence-electron chi connectivity index (χ2n) is 6.99. The molecule has 0 radical (unpaired) electrons. The number of ether oxygens (including phenoxy) is 1. The molecule has 0 aliphatic carbocycles. The molecule has 2 aromatic rings. The molecule has 0 spiro atoms. The Morgan fingerprint density at radius 1 is 1.30 bits per heavy atom. The van der Waals surface area contributed by atoms with Crippen molar-refractivity contribution in [3.8, 4) is 5.88 Å². The summed E-state index contributed by atoms with van der Waals surface area (Å²) in [5, 5.41) is 8.66. The summed E-state index contributed by atoms with van der Waals surface area (Å²) in [6, 6.07) is 7.72. The largest absolute Gasteiger partial charge is 0.468 e. The van der Waals surface area contributed by atoms with E-state index in [2.05, 4.69) is 43.0 Å². The zero-order chi connectivity index (χ0) is 21.4. The lowest BCUT2D eigenvalue weighted by molar-refractivity contribution is -0.154. The number of hydrogen-bond acceptors (Lipinski definition) is 5. The second-order valence-corrected chi connectivity index (χ2v) is 7.97. The number of pyridine rings is 1. The molecule has 0 bridgehead atoms. The summed E-state index contributed by atoms with van der Waals surface area (Å²) < 4.78 is 41.6. The van der Waals surface area contributed by atoms with Crippen LogP contribution in [0.1, 0.15) is 29.3 Å². The predicted octanol–water partition coefficient (Wildman–Crippen LogP) is 3.59. The highest BCUT2D eigenvalue weighted by Gasteiger charge is 2.28. The number of aliphatic imine (C=N–C) groups is 1. The molecule has 6 nitrogen and oxygen atoms in total. The standard InChI is InChI=1S/C20H26F3N5OS/c1-24-19(26-12-15-6-7-25-18(11-15)29-14-20(21,22)23)27-13-16(17-5-4-10-30-17)28-8-2-3-9-28/h4-7,10-11,16H,2-3,8-9,12-14H2,1H3,(H2,24,26,27). The monoisotopic (exact) mass is 441 g/mol. The molecule has 3 rings (SSSR count). The van der Waals surface area contributed by atoms with E-state index in [0.29, 0.717) is 12.5 Å². The first-order valence-electron chi connectivity index (χ1n) is 9.81. The molecule has 0 aromatic carbocycles. The molecule has 30 heavy (non-hydrogen) atoms. The van der Waals surface area contributed by atoms with Gasteiger partial charge in [-0.25, -0.2) is 4.98 Å². The van der Waals surface area contributed by atoms with Gasteiger partial charge in [0.05, 0.1) is 6.04 Å². The number of likely N-dealkylation sites (tertiary alicyclic amines) is 1. The Kier molecular flexibility index (Phi) is 7.92. The van der Waals surface area contributed by atoms with Crippen LogP contribution >= 0.6 is 11.3 Å². The third-order valence-corrected chi connectivity index (χ3v) is 5.76. The average molecular weight is 442 g/mol. The predicted molar refractivity (Wildman–Crippen MR) is 112 cm³/mol. The number of rotatable bonds is 8. The molecule has 10 heteroatoms. The van der Waals surface area contributed by atoms with Crippen molar-refractivity contribution in [1.82, 2.24) is 20.5 Å². The van der Waals surface area contributed by atoms with Gasteiger partial charge in [-0.2, -0.15) is 13.2 Å². The topological polar surface area (TPSA) is 61.8 Å². The Balaban J connectivity index is 1.53. The molecular formula is C20H26F3N5OS. The lowest BCUT2D eigenvalue weighted by Crippen LogP contribution is -2.42. The van der Waals surface area contributed by atoms with Gasteiger partial charge in [0.15, 0.2) is 12.6 Å². The summed E-state index contributed by atoms with van der Waals surface area (Å²) in [6.45, 7) is 1.93. The zero-order valence-corrected chi connectivity index (χ0v) is 17.6. The third kappa shape index (κ3) is 6.88. The maximum atomic E-state index is 12.3. The number of halogens is 3. The minimum absolute atomic E-state index is 0.0543. The van der Waals surface area contributed by atoms with E-state index in [9.17, 15) is 13.2 Å². The SMILES string of the molecule is CN=C(NCc1ccnc(OCC(F)(F)F)c1)NCC(c1cccs1)N1CCCC1. The number of aromatic nitrogens is 1. The van der Waals surface area contributed by atoms with Crippen molar-refractivity contribution in [2.45, 2.75) is 31.6 Å². The summed E-state index contributed by atoms with van der Waals surface area (Å²) in [5.41, 5.74) is 0.750. The Morgan fingerprint density at radius 2 is 2.10 bits per heavy atom. The Morgan fingerprint density at radius 3 is 2.77 bits per heavy atom. The summed E-state index contributed by atoms with van der Waals surface area (Å²) in [7, 11) is 1.69. The van der Waals surface area contributed by atoms with Crippen LogP contribution in [0.4, 0.5) is 13.2 Å². The van der Waals surface area contributed by atoms with Crippen LogP contribution in [0.3, 0.4) is 0 Å².